The van der Waals surface area contributed by atoms with Gasteiger partial charge >= 0.3 is 5.97 Å². The summed E-state index contributed by atoms with van der Waals surface area (Å²) in [5, 5.41) is 10.6. The molecule has 0 aliphatic carbocycles. The largest absolute Gasteiger partial charge is 0.478 e. The van der Waals surface area contributed by atoms with Crippen LogP contribution in [0.4, 0.5) is 15.8 Å². The number of halogens is 2. The Bertz CT molecular complexity index is 1250. The maximum absolute atomic E-state index is 15.0. The van der Waals surface area contributed by atoms with Crippen molar-refractivity contribution in [2.24, 2.45) is 5.92 Å². The van der Waals surface area contributed by atoms with Crippen molar-refractivity contribution in [1.82, 2.24) is 0 Å². The first-order valence-electron chi connectivity index (χ1n) is 10.0. The number of anilines is 2. The molecule has 3 aromatic rings. The van der Waals surface area contributed by atoms with Gasteiger partial charge in [-0.2, -0.15) is 0 Å². The van der Waals surface area contributed by atoms with Gasteiger partial charge in [0.2, 0.25) is 5.91 Å². The highest BCUT2D eigenvalue weighted by atomic mass is 35.5. The summed E-state index contributed by atoms with van der Waals surface area (Å²) in [6.45, 7) is 0. The molecule has 3 atom stereocenters. The number of benzene rings is 3. The standard InChI is InChI=1S/C24H16ClFN2O5/c25-16-7-4-8-17(26)18(16)20-19-21(33-28(20)15-5-2-1-3-6-15)23(30)27(22(19)29)14-11-9-13(10-12-14)24(31)32/h1-12,19-21H,(H,31,32)/t19-,20-,21+/m1/s1. The predicted octanol–water partition coefficient (Wildman–Crippen LogP) is 4.23. The molecule has 2 saturated heterocycles. The molecule has 2 aliphatic rings. The van der Waals surface area contributed by atoms with E-state index in [2.05, 4.69) is 0 Å². The van der Waals surface area contributed by atoms with Gasteiger partial charge in [0.25, 0.3) is 5.91 Å². The number of nitrogens with zero attached hydrogens (tertiary/aromatic N) is 2. The molecule has 0 radical (unpaired) electrons. The van der Waals surface area contributed by atoms with E-state index < -0.39 is 41.7 Å². The lowest BCUT2D eigenvalue weighted by atomic mass is 9.90. The Balaban J connectivity index is 1.59. The molecule has 0 saturated carbocycles. The van der Waals surface area contributed by atoms with E-state index in [0.29, 0.717) is 5.69 Å². The number of aromatic carboxylic acids is 1. The van der Waals surface area contributed by atoms with Crippen molar-refractivity contribution < 1.29 is 28.7 Å². The Morgan fingerprint density at radius 2 is 1.61 bits per heavy atom. The fourth-order valence-corrected chi connectivity index (χ4v) is 4.58. The first kappa shape index (κ1) is 21.1. The van der Waals surface area contributed by atoms with Crippen molar-refractivity contribution in [2.45, 2.75) is 12.1 Å². The number of carbonyl (C=O) groups excluding carboxylic acids is 2. The van der Waals surface area contributed by atoms with E-state index in [-0.39, 0.29) is 21.8 Å². The number of hydrogen-bond acceptors (Lipinski definition) is 5. The summed E-state index contributed by atoms with van der Waals surface area (Å²) in [6, 6.07) is 17.3. The summed E-state index contributed by atoms with van der Waals surface area (Å²) in [6.07, 6.45) is -1.20. The molecule has 5 rings (SSSR count). The summed E-state index contributed by atoms with van der Waals surface area (Å²) >= 11 is 6.35. The molecule has 166 valence electrons. The highest BCUT2D eigenvalue weighted by Crippen LogP contribution is 2.49. The molecule has 0 spiro atoms. The number of carboxylic acid groups (broad SMARTS) is 1. The number of carbonyl (C=O) groups is 3. The minimum Gasteiger partial charge on any atom is -0.478 e. The van der Waals surface area contributed by atoms with Gasteiger partial charge in [0.05, 0.1) is 16.9 Å². The molecular weight excluding hydrogens is 451 g/mol. The van der Waals surface area contributed by atoms with E-state index in [9.17, 15) is 18.8 Å². The Hall–Kier alpha value is -3.75. The number of carboxylic acids is 1. The summed E-state index contributed by atoms with van der Waals surface area (Å²) in [4.78, 5) is 44.8. The van der Waals surface area contributed by atoms with Gasteiger partial charge in [-0.15, -0.1) is 0 Å². The third-order valence-electron chi connectivity index (χ3n) is 5.79. The lowest BCUT2D eigenvalue weighted by Crippen LogP contribution is -2.37. The second-order valence-electron chi connectivity index (χ2n) is 7.66. The highest BCUT2D eigenvalue weighted by molar-refractivity contribution is 6.31. The van der Waals surface area contributed by atoms with Crippen molar-refractivity contribution in [3.63, 3.8) is 0 Å². The zero-order chi connectivity index (χ0) is 23.3. The summed E-state index contributed by atoms with van der Waals surface area (Å²) < 4.78 is 15.0. The third-order valence-corrected chi connectivity index (χ3v) is 6.12. The van der Waals surface area contributed by atoms with E-state index in [1.165, 1.54) is 47.5 Å². The quantitative estimate of drug-likeness (QED) is 0.579. The summed E-state index contributed by atoms with van der Waals surface area (Å²) in [5.41, 5.74) is 0.812. The topological polar surface area (TPSA) is 87.2 Å². The zero-order valence-corrected chi connectivity index (χ0v) is 17.6. The number of imide groups is 1. The van der Waals surface area contributed by atoms with Gasteiger partial charge in [-0.25, -0.2) is 19.1 Å². The number of fused-ring (bicyclic) bond motifs is 1. The number of para-hydroxylation sites is 1. The molecule has 0 aromatic heterocycles. The number of amides is 2. The monoisotopic (exact) mass is 466 g/mol. The first-order valence-corrected chi connectivity index (χ1v) is 10.4. The summed E-state index contributed by atoms with van der Waals surface area (Å²) in [7, 11) is 0. The molecule has 2 heterocycles. The number of hydroxylamine groups is 1. The van der Waals surface area contributed by atoms with Crippen LogP contribution in [0.1, 0.15) is 22.0 Å². The van der Waals surface area contributed by atoms with Gasteiger partial charge in [-0.3, -0.25) is 14.4 Å². The van der Waals surface area contributed by atoms with Crippen LogP contribution < -0.4 is 9.96 Å². The fraction of sp³-hybridized carbons (Fsp3) is 0.125. The minimum atomic E-state index is -1.20. The van der Waals surface area contributed by atoms with E-state index in [1.54, 1.807) is 30.3 Å². The molecule has 33 heavy (non-hydrogen) atoms. The maximum atomic E-state index is 15.0. The average molecular weight is 467 g/mol. The SMILES string of the molecule is O=C(O)c1ccc(N2C(=O)[C@H]3[C@H](ON(c4ccccc4)[C@@H]3c3c(F)cccc3Cl)C2=O)cc1. The smallest absolute Gasteiger partial charge is 0.335 e. The first-order chi connectivity index (χ1) is 15.9. The molecule has 3 aromatic carbocycles. The minimum absolute atomic E-state index is 0.0144. The van der Waals surface area contributed by atoms with Crippen molar-refractivity contribution in [3.8, 4) is 0 Å². The number of rotatable bonds is 4. The highest BCUT2D eigenvalue weighted by Gasteiger charge is 2.61. The molecule has 9 heteroatoms. The zero-order valence-electron chi connectivity index (χ0n) is 16.9. The van der Waals surface area contributed by atoms with Crippen molar-refractivity contribution in [2.75, 3.05) is 9.96 Å². The van der Waals surface area contributed by atoms with E-state index in [0.717, 1.165) is 4.90 Å². The van der Waals surface area contributed by atoms with Crippen LogP contribution in [-0.4, -0.2) is 29.0 Å². The van der Waals surface area contributed by atoms with Gasteiger partial charge in [0.15, 0.2) is 6.10 Å². The van der Waals surface area contributed by atoms with Crippen LogP contribution >= 0.6 is 11.6 Å². The molecule has 1 N–H and O–H groups in total. The predicted molar refractivity (Wildman–Crippen MR) is 117 cm³/mol. The Morgan fingerprint density at radius 3 is 2.24 bits per heavy atom. The van der Waals surface area contributed by atoms with Gasteiger partial charge in [-0.1, -0.05) is 35.9 Å². The van der Waals surface area contributed by atoms with Gasteiger partial charge < -0.3 is 5.11 Å². The molecule has 2 amide bonds. The molecular formula is C24H16ClFN2O5. The lowest BCUT2D eigenvalue weighted by Gasteiger charge is -2.29. The van der Waals surface area contributed by atoms with E-state index in [1.807, 2.05) is 0 Å². The number of hydrogen-bond donors (Lipinski definition) is 1. The molecule has 2 fully saturated rings. The Kier molecular flexibility index (Phi) is 5.11. The van der Waals surface area contributed by atoms with Crippen LogP contribution in [-0.2, 0) is 14.4 Å². The van der Waals surface area contributed by atoms with Crippen LogP contribution in [0.15, 0.2) is 72.8 Å². The fourth-order valence-electron chi connectivity index (χ4n) is 4.31. The molecule has 7 nitrogen and oxygen atoms in total. The second-order valence-corrected chi connectivity index (χ2v) is 8.06. The van der Waals surface area contributed by atoms with Crippen molar-refractivity contribution in [1.29, 1.82) is 0 Å². The van der Waals surface area contributed by atoms with Crippen molar-refractivity contribution >= 4 is 40.8 Å². The van der Waals surface area contributed by atoms with Crippen LogP contribution in [0.2, 0.25) is 5.02 Å². The van der Waals surface area contributed by atoms with Crippen molar-refractivity contribution in [3.05, 3.63) is 94.8 Å². The van der Waals surface area contributed by atoms with Crippen LogP contribution in [0.5, 0.6) is 0 Å². The third kappa shape index (κ3) is 3.35. The second kappa shape index (κ2) is 7.99. The molecule has 0 bridgehead atoms. The van der Waals surface area contributed by atoms with Gasteiger partial charge in [0, 0.05) is 10.6 Å². The Morgan fingerprint density at radius 1 is 0.909 bits per heavy atom. The summed E-state index contributed by atoms with van der Waals surface area (Å²) in [5.74, 6) is -4.03. The van der Waals surface area contributed by atoms with Crippen LogP contribution in [0.25, 0.3) is 0 Å². The van der Waals surface area contributed by atoms with Gasteiger partial charge in [0.1, 0.15) is 17.8 Å². The normalized spacial score (nSPS) is 22.1. The average Bonchev–Trinajstić information content (AvgIpc) is 3.30. The lowest BCUT2D eigenvalue weighted by molar-refractivity contribution is -0.126. The van der Waals surface area contributed by atoms with E-state index >= 15 is 0 Å². The maximum Gasteiger partial charge on any atom is 0.335 e. The Labute approximate surface area is 192 Å². The van der Waals surface area contributed by atoms with Crippen LogP contribution in [0, 0.1) is 11.7 Å². The van der Waals surface area contributed by atoms with E-state index in [4.69, 9.17) is 21.5 Å². The molecule has 0 unspecified atom stereocenters. The molecule has 2 aliphatic heterocycles. The van der Waals surface area contributed by atoms with Crippen LogP contribution in [0.3, 0.4) is 0 Å². The van der Waals surface area contributed by atoms with Gasteiger partial charge in [-0.05, 0) is 48.5 Å².